The van der Waals surface area contributed by atoms with Crippen LogP contribution < -0.4 is 10.1 Å². The summed E-state index contributed by atoms with van der Waals surface area (Å²) in [6, 6.07) is 7.99. The van der Waals surface area contributed by atoms with Crippen molar-refractivity contribution in [3.8, 4) is 5.75 Å². The fourth-order valence-corrected chi connectivity index (χ4v) is 3.67. The summed E-state index contributed by atoms with van der Waals surface area (Å²) in [5.41, 5.74) is 0.211. The van der Waals surface area contributed by atoms with Gasteiger partial charge < -0.3 is 10.1 Å². The topological polar surface area (TPSA) is 38.3 Å². The van der Waals surface area contributed by atoms with E-state index in [4.69, 9.17) is 27.9 Å². The monoisotopic (exact) mass is 355 g/mol. The third-order valence-corrected chi connectivity index (χ3v) is 5.55. The Kier molecular flexibility index (Phi) is 4.54. The standard InChI is InChI=1S/C18H23Cl2NO2/c1-17(2,16(22)21-13-5-3-4-6-13)23-14-9-7-12(8-10-14)15-11-18(15,19)20/h7-10,13,15H,3-6,11H2,1-2H3,(H,21,22)/t15-/m0/s1. The van der Waals surface area contributed by atoms with Crippen molar-refractivity contribution in [3.63, 3.8) is 0 Å². The lowest BCUT2D eigenvalue weighted by Crippen LogP contribution is -2.49. The fraction of sp³-hybridized carbons (Fsp3) is 0.611. The molecule has 2 fully saturated rings. The van der Waals surface area contributed by atoms with E-state index in [0.29, 0.717) is 11.8 Å². The molecule has 0 saturated heterocycles. The smallest absolute Gasteiger partial charge is 0.263 e. The number of benzene rings is 1. The average Bonchev–Trinajstić information content (AvgIpc) is 2.87. The number of hydrogen-bond acceptors (Lipinski definition) is 2. The maximum Gasteiger partial charge on any atom is 0.263 e. The Balaban J connectivity index is 1.59. The molecule has 126 valence electrons. The maximum atomic E-state index is 12.4. The average molecular weight is 356 g/mol. The number of alkyl halides is 2. The molecule has 1 aromatic carbocycles. The van der Waals surface area contributed by atoms with Crippen LogP contribution in [0.15, 0.2) is 24.3 Å². The summed E-state index contributed by atoms with van der Waals surface area (Å²) in [6.45, 7) is 3.60. The number of carbonyl (C=O) groups excluding carboxylic acids is 1. The van der Waals surface area contributed by atoms with Crippen molar-refractivity contribution in [1.82, 2.24) is 5.32 Å². The molecule has 0 heterocycles. The van der Waals surface area contributed by atoms with Crippen molar-refractivity contribution in [2.45, 2.75) is 67.8 Å². The highest BCUT2D eigenvalue weighted by molar-refractivity contribution is 6.51. The normalized spacial score (nSPS) is 23.6. The van der Waals surface area contributed by atoms with Crippen LogP contribution in [0, 0.1) is 0 Å². The first-order valence-electron chi connectivity index (χ1n) is 8.26. The molecule has 1 amide bonds. The zero-order valence-corrected chi connectivity index (χ0v) is 15.1. The van der Waals surface area contributed by atoms with Crippen LogP contribution in [0.4, 0.5) is 0 Å². The summed E-state index contributed by atoms with van der Waals surface area (Å²) in [4.78, 5) is 12.4. The minimum Gasteiger partial charge on any atom is -0.478 e. The molecule has 5 heteroatoms. The number of nitrogens with one attached hydrogen (secondary N) is 1. The van der Waals surface area contributed by atoms with Gasteiger partial charge in [-0.15, -0.1) is 23.2 Å². The van der Waals surface area contributed by atoms with Gasteiger partial charge in [0.15, 0.2) is 5.60 Å². The van der Waals surface area contributed by atoms with Crippen LogP contribution in [0.2, 0.25) is 0 Å². The molecule has 0 aromatic heterocycles. The Bertz CT molecular complexity index is 577. The Morgan fingerprint density at radius 3 is 2.30 bits per heavy atom. The minimum absolute atomic E-state index is 0.0591. The van der Waals surface area contributed by atoms with Gasteiger partial charge in [-0.3, -0.25) is 4.79 Å². The van der Waals surface area contributed by atoms with E-state index in [0.717, 1.165) is 24.8 Å². The van der Waals surface area contributed by atoms with Gasteiger partial charge in [0.1, 0.15) is 10.1 Å². The van der Waals surface area contributed by atoms with E-state index >= 15 is 0 Å². The molecule has 1 N–H and O–H groups in total. The van der Waals surface area contributed by atoms with E-state index < -0.39 is 9.93 Å². The molecule has 23 heavy (non-hydrogen) atoms. The SMILES string of the molecule is CC(C)(Oc1ccc([C@@H]2CC2(Cl)Cl)cc1)C(=O)NC1CCCC1. The van der Waals surface area contributed by atoms with Gasteiger partial charge in [0.05, 0.1) is 0 Å². The first kappa shape index (κ1) is 16.9. The minimum atomic E-state index is -0.896. The highest BCUT2D eigenvalue weighted by Gasteiger charge is 2.52. The predicted molar refractivity (Wildman–Crippen MR) is 93.3 cm³/mol. The summed E-state index contributed by atoms with van der Waals surface area (Å²) >= 11 is 12.2. The number of halogens is 2. The van der Waals surface area contributed by atoms with Gasteiger partial charge in [0, 0.05) is 12.0 Å². The number of rotatable bonds is 5. The van der Waals surface area contributed by atoms with E-state index in [9.17, 15) is 4.79 Å². The van der Waals surface area contributed by atoms with Crippen molar-refractivity contribution in [2.24, 2.45) is 0 Å². The quantitative estimate of drug-likeness (QED) is 0.786. The lowest BCUT2D eigenvalue weighted by molar-refractivity contribution is -0.134. The molecule has 0 bridgehead atoms. The van der Waals surface area contributed by atoms with Crippen LogP contribution >= 0.6 is 23.2 Å². The second kappa shape index (κ2) is 6.18. The van der Waals surface area contributed by atoms with Crippen LogP contribution in [0.3, 0.4) is 0 Å². The van der Waals surface area contributed by atoms with E-state index in [1.165, 1.54) is 12.8 Å². The van der Waals surface area contributed by atoms with Crippen LogP contribution in [-0.2, 0) is 4.79 Å². The molecule has 3 nitrogen and oxygen atoms in total. The summed E-state index contributed by atoms with van der Waals surface area (Å²) < 4.78 is 5.28. The molecule has 0 aliphatic heterocycles. The molecule has 0 radical (unpaired) electrons. The highest BCUT2D eigenvalue weighted by atomic mass is 35.5. The van der Waals surface area contributed by atoms with Gasteiger partial charge in [-0.25, -0.2) is 0 Å². The van der Waals surface area contributed by atoms with Crippen molar-refractivity contribution >= 4 is 29.1 Å². The third-order valence-electron chi connectivity index (χ3n) is 4.72. The molecule has 0 unspecified atom stereocenters. The maximum absolute atomic E-state index is 12.4. The van der Waals surface area contributed by atoms with E-state index in [2.05, 4.69) is 5.32 Å². The van der Waals surface area contributed by atoms with Crippen molar-refractivity contribution < 1.29 is 9.53 Å². The van der Waals surface area contributed by atoms with E-state index in [1.54, 1.807) is 13.8 Å². The lowest BCUT2D eigenvalue weighted by Gasteiger charge is -2.27. The zero-order valence-electron chi connectivity index (χ0n) is 13.6. The second-order valence-electron chi connectivity index (χ2n) is 7.15. The third kappa shape index (κ3) is 3.95. The van der Waals surface area contributed by atoms with Crippen LogP contribution in [-0.4, -0.2) is 21.9 Å². The molecule has 2 aliphatic carbocycles. The van der Waals surface area contributed by atoms with Crippen molar-refractivity contribution in [3.05, 3.63) is 29.8 Å². The van der Waals surface area contributed by atoms with Gasteiger partial charge in [-0.05, 0) is 50.8 Å². The molecule has 2 aliphatic rings. The molecule has 1 atom stereocenters. The summed E-state index contributed by atoms with van der Waals surface area (Å²) in [6.07, 6.45) is 5.30. The van der Waals surface area contributed by atoms with Gasteiger partial charge in [0.25, 0.3) is 5.91 Å². The largest absolute Gasteiger partial charge is 0.478 e. The molecule has 0 spiro atoms. The fourth-order valence-electron chi connectivity index (χ4n) is 3.11. The van der Waals surface area contributed by atoms with Crippen molar-refractivity contribution in [2.75, 3.05) is 0 Å². The van der Waals surface area contributed by atoms with Crippen LogP contribution in [0.5, 0.6) is 5.75 Å². The van der Waals surface area contributed by atoms with Crippen molar-refractivity contribution in [1.29, 1.82) is 0 Å². The van der Waals surface area contributed by atoms with E-state index in [1.807, 2.05) is 24.3 Å². The molecule has 3 rings (SSSR count). The molecular formula is C18H23Cl2NO2. The Morgan fingerprint density at radius 2 is 1.78 bits per heavy atom. The van der Waals surface area contributed by atoms with Gasteiger partial charge in [0.2, 0.25) is 0 Å². The van der Waals surface area contributed by atoms with Gasteiger partial charge >= 0.3 is 0 Å². The van der Waals surface area contributed by atoms with Crippen LogP contribution in [0.1, 0.15) is 57.4 Å². The number of carbonyl (C=O) groups is 1. The summed E-state index contributed by atoms with van der Waals surface area (Å²) in [5.74, 6) is 0.811. The highest BCUT2D eigenvalue weighted by Crippen LogP contribution is 2.59. The molecular weight excluding hydrogens is 333 g/mol. The predicted octanol–water partition coefficient (Wildman–Crippen LogP) is 4.56. The first-order valence-corrected chi connectivity index (χ1v) is 9.01. The zero-order chi connectivity index (χ0) is 16.7. The Labute approximate surface area is 147 Å². The summed E-state index contributed by atoms with van der Waals surface area (Å²) in [7, 11) is 0. The number of hydrogen-bond donors (Lipinski definition) is 1. The lowest BCUT2D eigenvalue weighted by atomic mass is 10.1. The van der Waals surface area contributed by atoms with E-state index in [-0.39, 0.29) is 11.8 Å². The molecule has 1 aromatic rings. The number of amides is 1. The summed E-state index contributed by atoms with van der Waals surface area (Å²) in [5, 5.41) is 3.09. The van der Waals surface area contributed by atoms with Gasteiger partial charge in [-0.1, -0.05) is 25.0 Å². The first-order chi connectivity index (χ1) is 10.8. The Hall–Kier alpha value is -0.930. The number of ether oxygens (including phenoxy) is 1. The Morgan fingerprint density at radius 1 is 1.22 bits per heavy atom. The van der Waals surface area contributed by atoms with Crippen LogP contribution in [0.25, 0.3) is 0 Å². The van der Waals surface area contributed by atoms with Gasteiger partial charge in [-0.2, -0.15) is 0 Å². The molecule has 2 saturated carbocycles. The second-order valence-corrected chi connectivity index (χ2v) is 8.70.